The van der Waals surface area contributed by atoms with Gasteiger partial charge in [0.25, 0.3) is 0 Å². The van der Waals surface area contributed by atoms with E-state index in [1.165, 1.54) is 0 Å². The van der Waals surface area contributed by atoms with Gasteiger partial charge in [-0.2, -0.15) is 4.89 Å². The molecule has 1 rings (SSSR count). The molecule has 0 atom stereocenters. The van der Waals surface area contributed by atoms with Gasteiger partial charge in [0.05, 0.1) is 6.61 Å². The van der Waals surface area contributed by atoms with Gasteiger partial charge < -0.3 is 4.74 Å². The van der Waals surface area contributed by atoms with E-state index < -0.39 is 6.16 Å². The van der Waals surface area contributed by atoms with E-state index in [9.17, 15) is 4.79 Å². The number of carbonyl (C=O) groups excluding carboxylic acids is 1. The molecule has 0 heterocycles. The molecule has 0 aliphatic carbocycles. The maximum Gasteiger partial charge on any atom is 0.546 e. The molecule has 15 heavy (non-hydrogen) atoms. The molecule has 1 aromatic carbocycles. The van der Waals surface area contributed by atoms with Gasteiger partial charge in [-0.1, -0.05) is 31.5 Å². The molecule has 82 valence electrons. The summed E-state index contributed by atoms with van der Waals surface area (Å²) in [5.74, 6) is 0.432. The molecule has 0 aromatic heterocycles. The normalized spacial score (nSPS) is 9.67. The third kappa shape index (κ3) is 5.02. The minimum atomic E-state index is -0.850. The Morgan fingerprint density at radius 1 is 1.27 bits per heavy atom. The van der Waals surface area contributed by atoms with Gasteiger partial charge in [0.2, 0.25) is 0 Å². The Bertz CT molecular complexity index is 284. The Kier molecular flexibility index (Phi) is 5.25. The summed E-state index contributed by atoms with van der Waals surface area (Å²) in [6.07, 6.45) is 0.979. The van der Waals surface area contributed by atoms with E-state index in [-0.39, 0.29) is 0 Å². The second-order valence-electron chi connectivity index (χ2n) is 2.92. The first kappa shape index (κ1) is 11.5. The Labute approximate surface area is 88.7 Å². The molecule has 4 heteroatoms. The molecule has 0 N–H and O–H groups in total. The number of benzene rings is 1. The Hall–Kier alpha value is -1.55. The zero-order valence-corrected chi connectivity index (χ0v) is 8.64. The predicted molar refractivity (Wildman–Crippen MR) is 54.4 cm³/mol. The van der Waals surface area contributed by atoms with E-state index in [0.717, 1.165) is 12.8 Å². The zero-order chi connectivity index (χ0) is 10.9. The first-order chi connectivity index (χ1) is 7.33. The van der Waals surface area contributed by atoms with Crippen molar-refractivity contribution in [3.63, 3.8) is 0 Å². The number of hydrogen-bond donors (Lipinski definition) is 0. The van der Waals surface area contributed by atoms with Crippen LogP contribution in [0.2, 0.25) is 0 Å². The summed E-state index contributed by atoms with van der Waals surface area (Å²) in [4.78, 5) is 20.0. The molecule has 0 fully saturated rings. The highest BCUT2D eigenvalue weighted by molar-refractivity contribution is 5.62. The average Bonchev–Trinajstić information content (AvgIpc) is 2.26. The molecule has 0 saturated carbocycles. The van der Waals surface area contributed by atoms with E-state index in [1.54, 1.807) is 24.3 Å². The minimum Gasteiger partial charge on any atom is -0.393 e. The standard InChI is InChI=1S/C11H14O4/c1-2-3-9-13-15-11(12)14-10-7-5-4-6-8-10/h4-8H,2-3,9H2,1H3. The second kappa shape index (κ2) is 6.84. The van der Waals surface area contributed by atoms with E-state index in [4.69, 9.17) is 4.74 Å². The fourth-order valence-electron chi connectivity index (χ4n) is 0.895. The topological polar surface area (TPSA) is 44.8 Å². The van der Waals surface area contributed by atoms with Gasteiger partial charge in [0.1, 0.15) is 5.75 Å². The SMILES string of the molecule is CCCCOOC(=O)Oc1ccccc1. The fourth-order valence-corrected chi connectivity index (χ4v) is 0.895. The third-order valence-corrected chi connectivity index (χ3v) is 1.65. The van der Waals surface area contributed by atoms with Gasteiger partial charge in [0, 0.05) is 0 Å². The van der Waals surface area contributed by atoms with Crippen molar-refractivity contribution in [3.05, 3.63) is 30.3 Å². The van der Waals surface area contributed by atoms with Crippen LogP contribution in [0.15, 0.2) is 30.3 Å². The number of ether oxygens (including phenoxy) is 1. The number of para-hydroxylation sites is 1. The summed E-state index contributed by atoms with van der Waals surface area (Å²) in [6, 6.07) is 8.68. The second-order valence-corrected chi connectivity index (χ2v) is 2.92. The van der Waals surface area contributed by atoms with Crippen molar-refractivity contribution < 1.29 is 19.3 Å². The Morgan fingerprint density at radius 2 is 2.00 bits per heavy atom. The zero-order valence-electron chi connectivity index (χ0n) is 8.64. The fraction of sp³-hybridized carbons (Fsp3) is 0.364. The predicted octanol–water partition coefficient (Wildman–Crippen LogP) is 2.93. The van der Waals surface area contributed by atoms with Crippen LogP contribution in [0.3, 0.4) is 0 Å². The summed E-state index contributed by atoms with van der Waals surface area (Å²) in [5, 5.41) is 0. The molecule has 0 spiro atoms. The van der Waals surface area contributed by atoms with Crippen LogP contribution in [0.1, 0.15) is 19.8 Å². The van der Waals surface area contributed by atoms with Crippen LogP contribution < -0.4 is 4.74 Å². The van der Waals surface area contributed by atoms with Gasteiger partial charge in [-0.15, -0.1) is 0 Å². The maximum absolute atomic E-state index is 11.0. The van der Waals surface area contributed by atoms with Crippen molar-refractivity contribution >= 4 is 6.16 Å². The van der Waals surface area contributed by atoms with Crippen molar-refractivity contribution in [2.75, 3.05) is 6.61 Å². The van der Waals surface area contributed by atoms with E-state index in [0.29, 0.717) is 12.4 Å². The first-order valence-corrected chi connectivity index (χ1v) is 4.89. The van der Waals surface area contributed by atoms with Crippen LogP contribution in [0, 0.1) is 0 Å². The largest absolute Gasteiger partial charge is 0.546 e. The van der Waals surface area contributed by atoms with Gasteiger partial charge >= 0.3 is 6.16 Å². The first-order valence-electron chi connectivity index (χ1n) is 4.89. The number of carbonyl (C=O) groups is 1. The summed E-state index contributed by atoms with van der Waals surface area (Å²) >= 11 is 0. The van der Waals surface area contributed by atoms with Crippen LogP contribution >= 0.6 is 0 Å². The van der Waals surface area contributed by atoms with Gasteiger partial charge in [-0.05, 0) is 18.6 Å². The van der Waals surface area contributed by atoms with Crippen molar-refractivity contribution in [3.8, 4) is 5.75 Å². The molecule has 0 aliphatic heterocycles. The quantitative estimate of drug-likeness (QED) is 0.246. The Balaban J connectivity index is 2.19. The number of hydrogen-bond acceptors (Lipinski definition) is 4. The molecule has 0 unspecified atom stereocenters. The molecule has 0 aliphatic rings. The summed E-state index contributed by atoms with van der Waals surface area (Å²) in [6.45, 7) is 2.41. The molecule has 0 bridgehead atoms. The lowest BCUT2D eigenvalue weighted by atomic mass is 10.3. The third-order valence-electron chi connectivity index (χ3n) is 1.65. The molecule has 1 aromatic rings. The highest BCUT2D eigenvalue weighted by atomic mass is 17.2. The van der Waals surface area contributed by atoms with Gasteiger partial charge in [0.15, 0.2) is 0 Å². The van der Waals surface area contributed by atoms with Crippen LogP contribution in [-0.4, -0.2) is 12.8 Å². The van der Waals surface area contributed by atoms with Gasteiger partial charge in [-0.25, -0.2) is 4.79 Å². The molecular weight excluding hydrogens is 196 g/mol. The molecule has 0 saturated heterocycles. The van der Waals surface area contributed by atoms with Crippen LogP contribution in [0.5, 0.6) is 5.75 Å². The molecular formula is C11H14O4. The van der Waals surface area contributed by atoms with E-state index in [2.05, 4.69) is 9.78 Å². The van der Waals surface area contributed by atoms with Crippen LogP contribution in [0.25, 0.3) is 0 Å². The minimum absolute atomic E-state index is 0.389. The molecule has 0 amide bonds. The Morgan fingerprint density at radius 3 is 2.67 bits per heavy atom. The van der Waals surface area contributed by atoms with Crippen molar-refractivity contribution in [1.82, 2.24) is 0 Å². The summed E-state index contributed by atoms with van der Waals surface area (Å²) in [7, 11) is 0. The lowest BCUT2D eigenvalue weighted by Gasteiger charge is -2.03. The van der Waals surface area contributed by atoms with Crippen LogP contribution in [0.4, 0.5) is 4.79 Å². The number of rotatable bonds is 5. The highest BCUT2D eigenvalue weighted by Crippen LogP contribution is 2.09. The lowest BCUT2D eigenvalue weighted by Crippen LogP contribution is -2.11. The van der Waals surface area contributed by atoms with Crippen molar-refractivity contribution in [2.24, 2.45) is 0 Å². The molecule has 0 radical (unpaired) electrons. The maximum atomic E-state index is 11.0. The molecule has 4 nitrogen and oxygen atoms in total. The summed E-state index contributed by atoms with van der Waals surface area (Å²) in [5.41, 5.74) is 0. The smallest absolute Gasteiger partial charge is 0.393 e. The lowest BCUT2D eigenvalue weighted by molar-refractivity contribution is -0.249. The highest BCUT2D eigenvalue weighted by Gasteiger charge is 2.05. The van der Waals surface area contributed by atoms with E-state index in [1.807, 2.05) is 13.0 Å². The average molecular weight is 210 g/mol. The van der Waals surface area contributed by atoms with Crippen molar-refractivity contribution in [1.29, 1.82) is 0 Å². The van der Waals surface area contributed by atoms with Crippen molar-refractivity contribution in [2.45, 2.75) is 19.8 Å². The van der Waals surface area contributed by atoms with Crippen LogP contribution in [-0.2, 0) is 9.78 Å². The monoisotopic (exact) mass is 210 g/mol. The number of unbranched alkanes of at least 4 members (excludes halogenated alkanes) is 1. The van der Waals surface area contributed by atoms with E-state index >= 15 is 0 Å². The van der Waals surface area contributed by atoms with Gasteiger partial charge in [-0.3, -0.25) is 4.89 Å². The summed E-state index contributed by atoms with van der Waals surface area (Å²) < 4.78 is 4.81.